The summed E-state index contributed by atoms with van der Waals surface area (Å²) >= 11 is 0. The van der Waals surface area contributed by atoms with Gasteiger partial charge >= 0.3 is 5.97 Å². The van der Waals surface area contributed by atoms with Gasteiger partial charge in [-0.25, -0.2) is 0 Å². The number of nitrogens with one attached hydrogen (secondary N) is 1. The van der Waals surface area contributed by atoms with Crippen molar-refractivity contribution in [1.82, 2.24) is 5.32 Å². The SMILES string of the molecule is CC(NCC(=O)c1ccc2c(c1)OCO2)C(=O)O. The van der Waals surface area contributed by atoms with E-state index in [0.717, 1.165) is 0 Å². The maximum atomic E-state index is 11.8. The number of ether oxygens (including phenoxy) is 2. The van der Waals surface area contributed by atoms with Gasteiger partial charge < -0.3 is 14.6 Å². The van der Waals surface area contributed by atoms with E-state index in [1.165, 1.54) is 6.92 Å². The third-order valence-electron chi connectivity index (χ3n) is 2.63. The molecule has 6 heteroatoms. The van der Waals surface area contributed by atoms with Crippen LogP contribution in [0.4, 0.5) is 0 Å². The largest absolute Gasteiger partial charge is 0.480 e. The van der Waals surface area contributed by atoms with Crippen molar-refractivity contribution in [3.8, 4) is 11.5 Å². The normalized spacial score (nSPS) is 14.3. The molecule has 0 bridgehead atoms. The predicted molar refractivity (Wildman–Crippen MR) is 62.0 cm³/mol. The lowest BCUT2D eigenvalue weighted by Gasteiger charge is -2.08. The number of carbonyl (C=O) groups is 2. The summed E-state index contributed by atoms with van der Waals surface area (Å²) in [6, 6.07) is 4.12. The van der Waals surface area contributed by atoms with Crippen LogP contribution in [0.2, 0.25) is 0 Å². The summed E-state index contributed by atoms with van der Waals surface area (Å²) in [7, 11) is 0. The van der Waals surface area contributed by atoms with E-state index in [-0.39, 0.29) is 19.1 Å². The van der Waals surface area contributed by atoms with Gasteiger partial charge in [0.05, 0.1) is 6.54 Å². The third-order valence-corrected chi connectivity index (χ3v) is 2.63. The molecule has 0 aliphatic carbocycles. The third kappa shape index (κ3) is 2.60. The highest BCUT2D eigenvalue weighted by Gasteiger charge is 2.17. The van der Waals surface area contributed by atoms with Gasteiger partial charge in [0.2, 0.25) is 6.79 Å². The summed E-state index contributed by atoms with van der Waals surface area (Å²) in [5, 5.41) is 11.3. The molecule has 0 spiro atoms. The van der Waals surface area contributed by atoms with Crippen LogP contribution in [0.25, 0.3) is 0 Å². The van der Waals surface area contributed by atoms with Gasteiger partial charge in [-0.2, -0.15) is 0 Å². The molecule has 2 rings (SSSR count). The molecule has 1 heterocycles. The monoisotopic (exact) mass is 251 g/mol. The first-order valence-electron chi connectivity index (χ1n) is 5.47. The molecule has 0 aromatic heterocycles. The zero-order valence-electron chi connectivity index (χ0n) is 9.80. The van der Waals surface area contributed by atoms with Gasteiger partial charge in [-0.3, -0.25) is 14.9 Å². The molecule has 0 fully saturated rings. The Morgan fingerprint density at radius 2 is 2.11 bits per heavy atom. The number of hydrogen-bond donors (Lipinski definition) is 2. The number of carboxylic acids is 1. The Bertz CT molecular complexity index is 485. The Labute approximate surface area is 104 Å². The number of aliphatic carboxylic acids is 1. The van der Waals surface area contributed by atoms with Crippen LogP contribution in [0.5, 0.6) is 11.5 Å². The minimum absolute atomic E-state index is 0.0346. The van der Waals surface area contributed by atoms with Gasteiger partial charge in [0.25, 0.3) is 0 Å². The van der Waals surface area contributed by atoms with Crippen LogP contribution in [-0.2, 0) is 4.79 Å². The number of rotatable bonds is 5. The zero-order valence-corrected chi connectivity index (χ0v) is 9.80. The summed E-state index contributed by atoms with van der Waals surface area (Å²) < 4.78 is 10.3. The maximum absolute atomic E-state index is 11.8. The molecule has 0 amide bonds. The van der Waals surface area contributed by atoms with Crippen molar-refractivity contribution in [2.45, 2.75) is 13.0 Å². The van der Waals surface area contributed by atoms with Gasteiger partial charge in [0.1, 0.15) is 6.04 Å². The van der Waals surface area contributed by atoms with Gasteiger partial charge in [-0.05, 0) is 25.1 Å². The van der Waals surface area contributed by atoms with Crippen molar-refractivity contribution in [3.63, 3.8) is 0 Å². The highest BCUT2D eigenvalue weighted by molar-refractivity contribution is 5.98. The summed E-state index contributed by atoms with van der Waals surface area (Å²) in [6.07, 6.45) is 0. The molecule has 6 nitrogen and oxygen atoms in total. The van der Waals surface area contributed by atoms with E-state index in [4.69, 9.17) is 14.6 Å². The Kier molecular flexibility index (Phi) is 3.47. The predicted octanol–water partition coefficient (Wildman–Crippen LogP) is 0.661. The smallest absolute Gasteiger partial charge is 0.320 e. The standard InChI is InChI=1S/C12H13NO5/c1-7(12(15)16)13-5-9(14)8-2-3-10-11(4-8)18-6-17-10/h2-4,7,13H,5-6H2,1H3,(H,15,16). The molecule has 0 radical (unpaired) electrons. The van der Waals surface area contributed by atoms with Gasteiger partial charge in [-0.15, -0.1) is 0 Å². The quantitative estimate of drug-likeness (QED) is 0.748. The first kappa shape index (κ1) is 12.4. The van der Waals surface area contributed by atoms with E-state index < -0.39 is 12.0 Å². The average molecular weight is 251 g/mol. The lowest BCUT2D eigenvalue weighted by Crippen LogP contribution is -2.37. The fraction of sp³-hybridized carbons (Fsp3) is 0.333. The van der Waals surface area contributed by atoms with Crippen LogP contribution in [0.1, 0.15) is 17.3 Å². The molecule has 1 aliphatic heterocycles. The number of carbonyl (C=O) groups excluding carboxylic acids is 1. The second-order valence-electron chi connectivity index (χ2n) is 3.93. The molecule has 1 unspecified atom stereocenters. The summed E-state index contributed by atoms with van der Waals surface area (Å²) in [4.78, 5) is 22.4. The summed E-state index contributed by atoms with van der Waals surface area (Å²) in [6.45, 7) is 1.60. The second kappa shape index (κ2) is 5.05. The van der Waals surface area contributed by atoms with Crippen LogP contribution in [-0.4, -0.2) is 36.2 Å². The van der Waals surface area contributed by atoms with E-state index in [9.17, 15) is 9.59 Å². The first-order chi connectivity index (χ1) is 8.58. The molecule has 2 N–H and O–H groups in total. The number of carboxylic acid groups (broad SMARTS) is 1. The van der Waals surface area contributed by atoms with Gasteiger partial charge in [0, 0.05) is 5.56 Å². The first-order valence-corrected chi connectivity index (χ1v) is 5.47. The Morgan fingerprint density at radius 3 is 2.83 bits per heavy atom. The minimum atomic E-state index is -0.992. The van der Waals surface area contributed by atoms with E-state index in [1.54, 1.807) is 18.2 Å². The lowest BCUT2D eigenvalue weighted by atomic mass is 10.1. The topological polar surface area (TPSA) is 84.9 Å². The van der Waals surface area contributed by atoms with E-state index in [0.29, 0.717) is 17.1 Å². The zero-order chi connectivity index (χ0) is 13.1. The average Bonchev–Trinajstić information content (AvgIpc) is 2.82. The fourth-order valence-corrected chi connectivity index (χ4v) is 1.51. The highest BCUT2D eigenvalue weighted by atomic mass is 16.7. The molecule has 96 valence electrons. The van der Waals surface area contributed by atoms with E-state index in [1.807, 2.05) is 0 Å². The number of ketones is 1. The molecule has 1 aromatic carbocycles. The van der Waals surface area contributed by atoms with Crippen molar-refractivity contribution in [2.24, 2.45) is 0 Å². The van der Waals surface area contributed by atoms with Crippen molar-refractivity contribution in [3.05, 3.63) is 23.8 Å². The number of Topliss-reactive ketones (excluding diaryl/α,β-unsaturated/α-hetero) is 1. The van der Waals surface area contributed by atoms with Crippen molar-refractivity contribution >= 4 is 11.8 Å². The second-order valence-corrected chi connectivity index (χ2v) is 3.93. The lowest BCUT2D eigenvalue weighted by molar-refractivity contribution is -0.138. The molecular weight excluding hydrogens is 238 g/mol. The summed E-state index contributed by atoms with van der Waals surface area (Å²) in [5.41, 5.74) is 0.462. The molecule has 0 saturated heterocycles. The van der Waals surface area contributed by atoms with Gasteiger partial charge in [-0.1, -0.05) is 0 Å². The van der Waals surface area contributed by atoms with Crippen molar-refractivity contribution < 1.29 is 24.2 Å². The molecule has 18 heavy (non-hydrogen) atoms. The molecule has 1 aromatic rings. The Morgan fingerprint density at radius 1 is 1.39 bits per heavy atom. The Balaban J connectivity index is 1.99. The number of fused-ring (bicyclic) bond motifs is 1. The number of benzene rings is 1. The van der Waals surface area contributed by atoms with E-state index >= 15 is 0 Å². The van der Waals surface area contributed by atoms with Crippen LogP contribution < -0.4 is 14.8 Å². The number of hydrogen-bond acceptors (Lipinski definition) is 5. The van der Waals surface area contributed by atoms with Crippen LogP contribution in [0, 0.1) is 0 Å². The summed E-state index contributed by atoms with van der Waals surface area (Å²) in [5.74, 6) is -0.0413. The highest BCUT2D eigenvalue weighted by Crippen LogP contribution is 2.32. The van der Waals surface area contributed by atoms with Crippen LogP contribution in [0.15, 0.2) is 18.2 Å². The van der Waals surface area contributed by atoms with Gasteiger partial charge in [0.15, 0.2) is 17.3 Å². The molecular formula is C12H13NO5. The van der Waals surface area contributed by atoms with Crippen LogP contribution in [0.3, 0.4) is 0 Å². The minimum Gasteiger partial charge on any atom is -0.480 e. The maximum Gasteiger partial charge on any atom is 0.320 e. The molecule has 0 saturated carbocycles. The van der Waals surface area contributed by atoms with E-state index in [2.05, 4.69) is 5.32 Å². The van der Waals surface area contributed by atoms with Crippen molar-refractivity contribution in [1.29, 1.82) is 0 Å². The molecule has 1 atom stereocenters. The Hall–Kier alpha value is -2.08. The molecule has 1 aliphatic rings. The van der Waals surface area contributed by atoms with Crippen LogP contribution >= 0.6 is 0 Å². The van der Waals surface area contributed by atoms with Crippen molar-refractivity contribution in [2.75, 3.05) is 13.3 Å². The fourth-order valence-electron chi connectivity index (χ4n) is 1.51.